The van der Waals surface area contributed by atoms with Crippen LogP contribution in [0, 0.1) is 0 Å². The molecule has 0 spiro atoms. The third-order valence-electron chi connectivity index (χ3n) is 1.56. The van der Waals surface area contributed by atoms with Crippen molar-refractivity contribution in [3.8, 4) is 0 Å². The van der Waals surface area contributed by atoms with E-state index in [1.165, 1.54) is 17.3 Å². The summed E-state index contributed by atoms with van der Waals surface area (Å²) in [4.78, 5) is 0. The molecule has 0 saturated carbocycles. The van der Waals surface area contributed by atoms with Crippen molar-refractivity contribution in [3.05, 3.63) is 0 Å². The first kappa shape index (κ1) is 14.0. The lowest BCUT2D eigenvalue weighted by molar-refractivity contribution is -0.513. The lowest BCUT2D eigenvalue weighted by atomic mass is 10.4. The quantitative estimate of drug-likeness (QED) is 0.483. The molecule has 4 heteroatoms. The van der Waals surface area contributed by atoms with Crippen LogP contribution in [0.3, 0.4) is 0 Å². The van der Waals surface area contributed by atoms with Gasteiger partial charge in [0.05, 0.1) is 35.8 Å². The van der Waals surface area contributed by atoms with Crippen LogP contribution in [0.5, 0.6) is 0 Å². The molecule has 80 valence electrons. The van der Waals surface area contributed by atoms with Gasteiger partial charge in [0.25, 0.3) is 0 Å². The zero-order valence-corrected chi connectivity index (χ0v) is 11.8. The average molecular weight is 240 g/mol. The summed E-state index contributed by atoms with van der Waals surface area (Å²) in [5.74, 6) is 3.58. The molecule has 0 unspecified atom stereocenters. The van der Waals surface area contributed by atoms with Gasteiger partial charge in [-0.25, -0.2) is 0 Å². The Kier molecular flexibility index (Phi) is 7.89. The molecule has 0 aromatic heterocycles. The molecule has 0 bridgehead atoms. The topological polar surface area (TPSA) is 0 Å². The Labute approximate surface area is 96.4 Å². The van der Waals surface area contributed by atoms with Gasteiger partial charge in [-0.05, 0) is 13.8 Å². The molecule has 0 saturated heterocycles. The largest absolute Gasteiger partial charge is 0.139 e. The minimum absolute atomic E-state index is 0.680. The van der Waals surface area contributed by atoms with E-state index in [2.05, 4.69) is 34.6 Å². The van der Waals surface area contributed by atoms with E-state index in [1.54, 1.807) is 0 Å². The van der Waals surface area contributed by atoms with Crippen molar-refractivity contribution >= 4 is 35.8 Å². The molecule has 0 aliphatic heterocycles. The van der Waals surface area contributed by atoms with Crippen LogP contribution in [0.15, 0.2) is 0 Å². The third-order valence-corrected chi connectivity index (χ3v) is 6.58. The van der Waals surface area contributed by atoms with Gasteiger partial charge in [0, 0.05) is 17.3 Å². The van der Waals surface area contributed by atoms with Crippen molar-refractivity contribution in [1.82, 2.24) is 0 Å². The summed E-state index contributed by atoms with van der Waals surface area (Å²) in [7, 11) is 0. The van der Waals surface area contributed by atoms with E-state index < -0.39 is 0 Å². The summed E-state index contributed by atoms with van der Waals surface area (Å²) >= 11 is 6.13. The van der Waals surface area contributed by atoms with Crippen molar-refractivity contribution in [2.24, 2.45) is 0 Å². The van der Waals surface area contributed by atoms with Crippen molar-refractivity contribution in [1.29, 1.82) is 0 Å². The van der Waals surface area contributed by atoms with Crippen LogP contribution in [0.25, 0.3) is 0 Å². The lowest BCUT2D eigenvalue weighted by Gasteiger charge is -2.33. The first-order chi connectivity index (χ1) is 6.13. The second-order valence-corrected chi connectivity index (χ2v) is 7.81. The van der Waals surface area contributed by atoms with Crippen LogP contribution in [-0.4, -0.2) is 26.0 Å². The van der Waals surface area contributed by atoms with Crippen molar-refractivity contribution < 1.29 is 2.70 Å². The highest BCUT2D eigenvalue weighted by Gasteiger charge is 2.35. The third kappa shape index (κ3) is 4.36. The van der Waals surface area contributed by atoms with Gasteiger partial charge >= 0.3 is 0 Å². The van der Waals surface area contributed by atoms with Crippen LogP contribution in [0.1, 0.15) is 34.6 Å². The molecule has 13 heavy (non-hydrogen) atoms. The maximum atomic E-state index is 2.31. The Balaban J connectivity index is 4.38. The van der Waals surface area contributed by atoms with Crippen LogP contribution < -0.4 is 0 Å². The minimum Gasteiger partial charge on any atom is -0.139 e. The maximum absolute atomic E-state index is 2.31. The maximum Gasteiger partial charge on any atom is 0.116 e. The molecule has 0 radical (unpaired) electrons. The van der Waals surface area contributed by atoms with Crippen LogP contribution in [-0.2, 0) is 0 Å². The van der Waals surface area contributed by atoms with E-state index in [1.807, 2.05) is 35.8 Å². The Hall–Kier alpha value is 1.01. The molecule has 0 aliphatic carbocycles. The first-order valence-corrected chi connectivity index (χ1v) is 7.78. The fourth-order valence-corrected chi connectivity index (χ4v) is 5.86. The van der Waals surface area contributed by atoms with E-state index >= 15 is 0 Å². The highest BCUT2D eigenvalue weighted by molar-refractivity contribution is 8.17. The molecule has 0 fully saturated rings. The SMILES string of the molecule is CCS[N+](SCC)(SCC)C(C)C. The second kappa shape index (κ2) is 7.32. The van der Waals surface area contributed by atoms with E-state index in [0.717, 1.165) is 2.70 Å². The monoisotopic (exact) mass is 240 g/mol. The van der Waals surface area contributed by atoms with Gasteiger partial charge in [-0.3, -0.25) is 0 Å². The second-order valence-electron chi connectivity index (χ2n) is 2.89. The number of hydrogen-bond donors (Lipinski definition) is 0. The van der Waals surface area contributed by atoms with E-state index in [-0.39, 0.29) is 0 Å². The molecule has 0 N–H and O–H groups in total. The van der Waals surface area contributed by atoms with Crippen LogP contribution in [0.4, 0.5) is 0 Å². The smallest absolute Gasteiger partial charge is 0.116 e. The number of hydrogen-bond acceptors (Lipinski definition) is 3. The molecule has 0 heterocycles. The molecule has 1 nitrogen and oxygen atoms in total. The number of rotatable bonds is 7. The van der Waals surface area contributed by atoms with Gasteiger partial charge in [-0.2, -0.15) is 0 Å². The molecule has 0 rings (SSSR count). The lowest BCUT2D eigenvalue weighted by Crippen LogP contribution is -2.34. The summed E-state index contributed by atoms with van der Waals surface area (Å²) in [5.41, 5.74) is 0. The van der Waals surface area contributed by atoms with Crippen LogP contribution >= 0.6 is 35.8 Å². The Morgan fingerprint density at radius 2 is 1.15 bits per heavy atom. The van der Waals surface area contributed by atoms with Gasteiger partial charge in [0.1, 0.15) is 6.04 Å². The minimum atomic E-state index is 0.680. The van der Waals surface area contributed by atoms with Gasteiger partial charge in [-0.15, -0.1) is 2.70 Å². The van der Waals surface area contributed by atoms with E-state index in [4.69, 9.17) is 0 Å². The molecule has 0 atom stereocenters. The molecule has 0 aromatic carbocycles. The fraction of sp³-hybridized carbons (Fsp3) is 1.00. The van der Waals surface area contributed by atoms with Gasteiger partial charge in [0.2, 0.25) is 0 Å². The summed E-state index contributed by atoms with van der Waals surface area (Å²) in [6, 6.07) is 0.680. The summed E-state index contributed by atoms with van der Waals surface area (Å²) < 4.78 is 1.09. The Morgan fingerprint density at radius 1 is 0.846 bits per heavy atom. The highest BCUT2D eigenvalue weighted by Crippen LogP contribution is 2.45. The van der Waals surface area contributed by atoms with E-state index in [9.17, 15) is 0 Å². The molecule has 0 aromatic rings. The van der Waals surface area contributed by atoms with Gasteiger partial charge in [0.15, 0.2) is 0 Å². The average Bonchev–Trinajstić information content (AvgIpc) is 2.05. The van der Waals surface area contributed by atoms with Crippen LogP contribution in [0.2, 0.25) is 0 Å². The fourth-order valence-electron chi connectivity index (χ4n) is 1.10. The standard InChI is InChI=1S/C9H22NS3/c1-6-11-10(9(4)5,12-7-2)13-8-3/h9H,6-8H2,1-5H3/q+1. The first-order valence-electron chi connectivity index (χ1n) is 4.95. The number of nitrogens with zero attached hydrogens (tertiary/aromatic N) is 1. The molecule has 0 amide bonds. The molecular formula is C9H22NS3+. The zero-order valence-electron chi connectivity index (χ0n) is 9.37. The molecular weight excluding hydrogens is 218 g/mol. The highest BCUT2D eigenvalue weighted by atomic mass is 32.3. The van der Waals surface area contributed by atoms with Gasteiger partial charge in [-0.1, -0.05) is 20.8 Å². The summed E-state index contributed by atoms with van der Waals surface area (Å²) in [6.45, 7) is 11.4. The van der Waals surface area contributed by atoms with Crippen molar-refractivity contribution in [2.75, 3.05) is 17.3 Å². The Bertz CT molecular complexity index is 111. The summed E-state index contributed by atoms with van der Waals surface area (Å²) in [6.07, 6.45) is 0. The zero-order chi connectivity index (χ0) is 10.3. The Morgan fingerprint density at radius 3 is 1.31 bits per heavy atom. The van der Waals surface area contributed by atoms with Crippen molar-refractivity contribution in [3.63, 3.8) is 0 Å². The number of quaternary nitrogens is 1. The van der Waals surface area contributed by atoms with Gasteiger partial charge < -0.3 is 0 Å². The summed E-state index contributed by atoms with van der Waals surface area (Å²) in [5, 5.41) is 0. The predicted molar refractivity (Wildman–Crippen MR) is 69.8 cm³/mol. The van der Waals surface area contributed by atoms with Crippen molar-refractivity contribution in [2.45, 2.75) is 40.7 Å². The van der Waals surface area contributed by atoms with E-state index in [0.29, 0.717) is 6.04 Å². The molecule has 0 aliphatic rings. The normalized spacial score (nSPS) is 12.5. The predicted octanol–water partition coefficient (Wildman–Crippen LogP) is 4.22.